The number of benzene rings is 2. The van der Waals surface area contributed by atoms with E-state index in [2.05, 4.69) is 65.5 Å². The summed E-state index contributed by atoms with van der Waals surface area (Å²) >= 11 is 1.74. The van der Waals surface area contributed by atoms with Crippen LogP contribution < -0.4 is 5.32 Å². The van der Waals surface area contributed by atoms with Crippen LogP contribution in [0.1, 0.15) is 48.1 Å². The summed E-state index contributed by atoms with van der Waals surface area (Å²) in [6, 6.07) is 18.3. The molecule has 2 aromatic heterocycles. The molecule has 0 unspecified atom stereocenters. The zero-order valence-corrected chi connectivity index (χ0v) is 21.8. The third-order valence-electron chi connectivity index (χ3n) is 6.04. The van der Waals surface area contributed by atoms with Gasteiger partial charge in [0.15, 0.2) is 0 Å². The molecule has 1 atom stereocenters. The fourth-order valence-corrected chi connectivity index (χ4v) is 5.87. The lowest BCUT2D eigenvalue weighted by Crippen LogP contribution is -2.23. The molecule has 8 heteroatoms. The summed E-state index contributed by atoms with van der Waals surface area (Å²) in [5.41, 5.74) is 4.20. The van der Waals surface area contributed by atoms with E-state index in [0.717, 1.165) is 30.7 Å². The van der Waals surface area contributed by atoms with Crippen molar-refractivity contribution in [2.45, 2.75) is 50.7 Å². The van der Waals surface area contributed by atoms with E-state index in [9.17, 15) is 8.42 Å². The number of hydrogen-bond acceptors (Lipinski definition) is 5. The van der Waals surface area contributed by atoms with Crippen LogP contribution in [-0.4, -0.2) is 36.4 Å². The van der Waals surface area contributed by atoms with E-state index in [1.165, 1.54) is 20.3 Å². The number of rotatable bonds is 10. The van der Waals surface area contributed by atoms with Crippen LogP contribution in [0, 0.1) is 0 Å². The molecule has 0 bridgehead atoms. The Bertz CT molecular complexity index is 1340. The van der Waals surface area contributed by atoms with Gasteiger partial charge in [0.1, 0.15) is 5.82 Å². The van der Waals surface area contributed by atoms with Crippen molar-refractivity contribution in [2.75, 3.05) is 14.1 Å². The Morgan fingerprint density at radius 1 is 1.09 bits per heavy atom. The zero-order valence-electron chi connectivity index (χ0n) is 20.2. The van der Waals surface area contributed by atoms with E-state index < -0.39 is 10.0 Å². The van der Waals surface area contributed by atoms with Crippen LogP contribution in [0.5, 0.6) is 0 Å². The van der Waals surface area contributed by atoms with E-state index in [-0.39, 0.29) is 10.9 Å². The van der Waals surface area contributed by atoms with E-state index in [0.29, 0.717) is 12.1 Å². The minimum absolute atomic E-state index is 0.0606. The number of hydrogen-bond donors (Lipinski definition) is 1. The molecule has 0 amide bonds. The molecule has 0 saturated heterocycles. The Labute approximate surface area is 206 Å². The first kappa shape index (κ1) is 24.6. The molecule has 6 nitrogen and oxygen atoms in total. The minimum atomic E-state index is -3.51. The number of nitrogens with one attached hydrogen (secondary N) is 1. The fraction of sp³-hybridized carbons (Fsp3) is 0.346. The average Bonchev–Trinajstić information content (AvgIpc) is 3.48. The number of sulfonamides is 1. The van der Waals surface area contributed by atoms with Gasteiger partial charge in [0, 0.05) is 25.5 Å². The predicted octanol–water partition coefficient (Wildman–Crippen LogP) is 5.20. The lowest BCUT2D eigenvalue weighted by atomic mass is 10.0. The summed E-state index contributed by atoms with van der Waals surface area (Å²) in [4.78, 5) is 6.37. The largest absolute Gasteiger partial charge is 0.327 e. The van der Waals surface area contributed by atoms with Crippen LogP contribution in [0.4, 0.5) is 0 Å². The van der Waals surface area contributed by atoms with Crippen LogP contribution in [0.25, 0.3) is 11.0 Å². The normalized spacial score (nSPS) is 13.1. The molecule has 0 aliphatic rings. The van der Waals surface area contributed by atoms with E-state index in [1.807, 2.05) is 6.07 Å². The Balaban J connectivity index is 1.68. The van der Waals surface area contributed by atoms with Gasteiger partial charge in [-0.25, -0.2) is 17.7 Å². The highest BCUT2D eigenvalue weighted by Gasteiger charge is 2.21. The molecule has 2 heterocycles. The number of thiophene rings is 1. The van der Waals surface area contributed by atoms with Gasteiger partial charge >= 0.3 is 0 Å². The maximum atomic E-state index is 12.6. The molecule has 1 N–H and O–H groups in total. The number of aryl methyl sites for hydroxylation is 2. The maximum absolute atomic E-state index is 12.6. The topological polar surface area (TPSA) is 67.2 Å². The summed E-state index contributed by atoms with van der Waals surface area (Å²) in [7, 11) is -0.424. The second kappa shape index (κ2) is 10.4. The highest BCUT2D eigenvalue weighted by atomic mass is 32.2. The number of nitrogens with zero attached hydrogens (tertiary/aromatic N) is 3. The van der Waals surface area contributed by atoms with Gasteiger partial charge in [-0.05, 0) is 53.6 Å². The standard InChI is InChI=1S/C26H32N4O2S2/c1-5-15-30-23-14-13-21(34(31,32)29(3)4)17-22(23)28-25(30)18-27-26(24-8-7-16-33-24)20-11-9-19(6-2)10-12-20/h7-14,16-17,26-27H,5-6,15,18H2,1-4H3/t26-/m0/s1. The Morgan fingerprint density at radius 3 is 2.47 bits per heavy atom. The van der Waals surface area contributed by atoms with Crippen molar-refractivity contribution in [3.63, 3.8) is 0 Å². The molecule has 0 spiro atoms. The van der Waals surface area contributed by atoms with Crippen molar-refractivity contribution in [3.05, 3.63) is 81.8 Å². The molecule has 0 aliphatic heterocycles. The van der Waals surface area contributed by atoms with E-state index in [4.69, 9.17) is 4.98 Å². The smallest absolute Gasteiger partial charge is 0.242 e. The number of fused-ring (bicyclic) bond motifs is 1. The molecule has 2 aromatic carbocycles. The molecule has 0 fully saturated rings. The lowest BCUT2D eigenvalue weighted by molar-refractivity contribution is 0.521. The Hall–Kier alpha value is -2.52. The van der Waals surface area contributed by atoms with Gasteiger partial charge in [0.25, 0.3) is 0 Å². The van der Waals surface area contributed by atoms with Gasteiger partial charge in [0.05, 0.1) is 28.5 Å². The van der Waals surface area contributed by atoms with Gasteiger partial charge in [-0.1, -0.05) is 44.2 Å². The average molecular weight is 497 g/mol. The predicted molar refractivity (Wildman–Crippen MR) is 140 cm³/mol. The molecule has 0 aliphatic carbocycles. The molecular weight excluding hydrogens is 464 g/mol. The summed E-state index contributed by atoms with van der Waals surface area (Å²) in [5, 5.41) is 5.82. The van der Waals surface area contributed by atoms with Crippen molar-refractivity contribution in [1.82, 2.24) is 19.2 Å². The van der Waals surface area contributed by atoms with E-state index in [1.54, 1.807) is 37.6 Å². The zero-order chi connectivity index (χ0) is 24.3. The van der Waals surface area contributed by atoms with Crippen molar-refractivity contribution < 1.29 is 8.42 Å². The monoisotopic (exact) mass is 496 g/mol. The van der Waals surface area contributed by atoms with Crippen LogP contribution in [0.2, 0.25) is 0 Å². The highest BCUT2D eigenvalue weighted by molar-refractivity contribution is 7.89. The van der Waals surface area contributed by atoms with E-state index >= 15 is 0 Å². The highest BCUT2D eigenvalue weighted by Crippen LogP contribution is 2.28. The molecule has 0 saturated carbocycles. The second-order valence-electron chi connectivity index (χ2n) is 8.54. The number of aromatic nitrogens is 2. The van der Waals surface area contributed by atoms with Crippen LogP contribution in [0.3, 0.4) is 0 Å². The first-order chi connectivity index (χ1) is 16.3. The van der Waals surface area contributed by atoms with Gasteiger partial charge in [-0.15, -0.1) is 11.3 Å². The first-order valence-electron chi connectivity index (χ1n) is 11.6. The molecule has 180 valence electrons. The Kier molecular flexibility index (Phi) is 7.52. The lowest BCUT2D eigenvalue weighted by Gasteiger charge is -2.19. The number of imidazole rings is 1. The Morgan fingerprint density at radius 2 is 1.85 bits per heavy atom. The molecule has 0 radical (unpaired) electrons. The van der Waals surface area contributed by atoms with Gasteiger partial charge in [-0.3, -0.25) is 5.32 Å². The molecule has 34 heavy (non-hydrogen) atoms. The summed E-state index contributed by atoms with van der Waals surface area (Å²) in [6.45, 7) is 5.69. The van der Waals surface area contributed by atoms with Crippen LogP contribution in [0.15, 0.2) is 64.9 Å². The minimum Gasteiger partial charge on any atom is -0.327 e. The quantitative estimate of drug-likeness (QED) is 0.328. The SMILES string of the molecule is CCCn1c(CN[C@@H](c2ccc(CC)cc2)c2cccs2)nc2cc(S(=O)(=O)N(C)C)ccc21. The summed E-state index contributed by atoms with van der Waals surface area (Å²) in [5.74, 6) is 0.906. The molecular formula is C26H32N4O2S2. The first-order valence-corrected chi connectivity index (χ1v) is 13.9. The van der Waals surface area contributed by atoms with Crippen molar-refractivity contribution in [3.8, 4) is 0 Å². The molecule has 4 rings (SSSR count). The van der Waals surface area contributed by atoms with Crippen molar-refractivity contribution in [1.29, 1.82) is 0 Å². The third kappa shape index (κ3) is 4.95. The maximum Gasteiger partial charge on any atom is 0.242 e. The van der Waals surface area contributed by atoms with Gasteiger partial charge < -0.3 is 4.57 Å². The summed E-state index contributed by atoms with van der Waals surface area (Å²) < 4.78 is 28.7. The third-order valence-corrected chi connectivity index (χ3v) is 8.79. The van der Waals surface area contributed by atoms with Crippen LogP contribution in [-0.2, 0) is 29.5 Å². The molecule has 4 aromatic rings. The van der Waals surface area contributed by atoms with Crippen molar-refractivity contribution >= 4 is 32.4 Å². The van der Waals surface area contributed by atoms with Gasteiger partial charge in [-0.2, -0.15) is 0 Å². The van der Waals surface area contributed by atoms with Crippen molar-refractivity contribution in [2.24, 2.45) is 0 Å². The van der Waals surface area contributed by atoms with Crippen LogP contribution >= 0.6 is 11.3 Å². The van der Waals surface area contributed by atoms with Gasteiger partial charge in [0.2, 0.25) is 10.0 Å². The second-order valence-corrected chi connectivity index (χ2v) is 11.7. The fourth-order valence-electron chi connectivity index (χ4n) is 4.12. The summed E-state index contributed by atoms with van der Waals surface area (Å²) in [6.07, 6.45) is 1.98.